The SMILES string of the molecule is CC(C)[C@H]([C@H](N[S@](=O)C(C)(C)C)c1ccc(Cl)cc1)N(O)Cc1ccccc1. The summed E-state index contributed by atoms with van der Waals surface area (Å²) in [5, 5.41) is 13.0. The summed E-state index contributed by atoms with van der Waals surface area (Å²) in [5.74, 6) is 0.110. The zero-order chi connectivity index (χ0) is 20.9. The molecule has 0 aromatic heterocycles. The summed E-state index contributed by atoms with van der Waals surface area (Å²) >= 11 is 6.07. The minimum atomic E-state index is -1.29. The van der Waals surface area contributed by atoms with Gasteiger partial charge >= 0.3 is 0 Å². The maximum absolute atomic E-state index is 12.9. The minimum Gasteiger partial charge on any atom is -0.313 e. The topological polar surface area (TPSA) is 52.6 Å². The van der Waals surface area contributed by atoms with Crippen LogP contribution >= 0.6 is 11.6 Å². The maximum atomic E-state index is 12.9. The van der Waals surface area contributed by atoms with Crippen LogP contribution in [0.25, 0.3) is 0 Å². The quantitative estimate of drug-likeness (QED) is 0.564. The Hall–Kier alpha value is -1.24. The van der Waals surface area contributed by atoms with Crippen LogP contribution in [0.2, 0.25) is 5.02 Å². The fourth-order valence-corrected chi connectivity index (χ4v) is 4.06. The van der Waals surface area contributed by atoms with Gasteiger partial charge in [-0.15, -0.1) is 0 Å². The fourth-order valence-electron chi connectivity index (χ4n) is 3.07. The molecule has 2 rings (SSSR count). The van der Waals surface area contributed by atoms with Crippen molar-refractivity contribution in [3.63, 3.8) is 0 Å². The lowest BCUT2D eigenvalue weighted by Gasteiger charge is -2.37. The summed E-state index contributed by atoms with van der Waals surface area (Å²) < 4.78 is 15.7. The molecule has 0 aliphatic carbocycles. The first-order valence-corrected chi connectivity index (χ1v) is 11.1. The number of hydrogen-bond donors (Lipinski definition) is 2. The molecule has 3 atom stereocenters. The Morgan fingerprint density at radius 1 is 1.07 bits per heavy atom. The number of nitrogens with zero attached hydrogens (tertiary/aromatic N) is 1. The van der Waals surface area contributed by atoms with E-state index in [1.54, 1.807) is 0 Å². The van der Waals surface area contributed by atoms with E-state index in [4.69, 9.17) is 11.6 Å². The zero-order valence-corrected chi connectivity index (χ0v) is 18.8. The molecule has 0 saturated heterocycles. The molecule has 0 aliphatic rings. The van der Waals surface area contributed by atoms with Gasteiger partial charge in [-0.05, 0) is 49.9 Å². The van der Waals surface area contributed by atoms with Crippen molar-refractivity contribution in [2.24, 2.45) is 5.92 Å². The van der Waals surface area contributed by atoms with Gasteiger partial charge < -0.3 is 5.21 Å². The van der Waals surface area contributed by atoms with Gasteiger partial charge in [0.05, 0.1) is 27.8 Å². The average Bonchev–Trinajstić information content (AvgIpc) is 2.61. The molecule has 2 N–H and O–H groups in total. The van der Waals surface area contributed by atoms with Crippen LogP contribution in [0.15, 0.2) is 54.6 Å². The summed E-state index contributed by atoms with van der Waals surface area (Å²) in [6, 6.07) is 16.7. The van der Waals surface area contributed by atoms with Gasteiger partial charge in [0, 0.05) is 11.6 Å². The van der Waals surface area contributed by atoms with Crippen molar-refractivity contribution in [2.75, 3.05) is 0 Å². The highest BCUT2D eigenvalue weighted by atomic mass is 35.5. The summed E-state index contributed by atoms with van der Waals surface area (Å²) in [6.07, 6.45) is 0. The first-order chi connectivity index (χ1) is 13.1. The second-order valence-corrected chi connectivity index (χ2v) is 10.8. The molecule has 6 heteroatoms. The number of benzene rings is 2. The predicted octanol–water partition coefficient (Wildman–Crippen LogP) is 5.35. The molecule has 0 aliphatic heterocycles. The average molecular weight is 423 g/mol. The zero-order valence-electron chi connectivity index (χ0n) is 17.2. The molecule has 0 spiro atoms. The summed E-state index contributed by atoms with van der Waals surface area (Å²) in [4.78, 5) is 0. The molecule has 28 heavy (non-hydrogen) atoms. The predicted molar refractivity (Wildman–Crippen MR) is 118 cm³/mol. The number of rotatable bonds is 8. The molecule has 154 valence electrons. The van der Waals surface area contributed by atoms with Gasteiger partial charge in [-0.3, -0.25) is 0 Å². The molecule has 0 fully saturated rings. The number of halogens is 1. The first-order valence-electron chi connectivity index (χ1n) is 9.52. The third-order valence-electron chi connectivity index (χ3n) is 4.58. The highest BCUT2D eigenvalue weighted by molar-refractivity contribution is 7.84. The van der Waals surface area contributed by atoms with Crippen molar-refractivity contribution in [3.05, 3.63) is 70.7 Å². The Labute approximate surface area is 176 Å². The second kappa shape index (κ2) is 9.99. The maximum Gasteiger partial charge on any atom is 0.0976 e. The van der Waals surface area contributed by atoms with Crippen LogP contribution in [-0.2, 0) is 17.5 Å². The molecular weight excluding hydrogens is 392 g/mol. The van der Waals surface area contributed by atoms with E-state index in [1.165, 1.54) is 5.06 Å². The minimum absolute atomic E-state index is 0.110. The van der Waals surface area contributed by atoms with Crippen LogP contribution in [-0.4, -0.2) is 25.3 Å². The molecule has 2 aromatic rings. The summed E-state index contributed by atoms with van der Waals surface area (Å²) in [5.41, 5.74) is 1.95. The third kappa shape index (κ3) is 6.39. The lowest BCUT2D eigenvalue weighted by Crippen LogP contribution is -2.48. The van der Waals surface area contributed by atoms with Gasteiger partial charge in [0.25, 0.3) is 0 Å². The van der Waals surface area contributed by atoms with Crippen LogP contribution in [0.1, 0.15) is 51.8 Å². The van der Waals surface area contributed by atoms with Crippen molar-refractivity contribution >= 4 is 22.6 Å². The molecule has 0 amide bonds. The molecule has 0 unspecified atom stereocenters. The van der Waals surface area contributed by atoms with E-state index in [9.17, 15) is 9.42 Å². The smallest absolute Gasteiger partial charge is 0.0976 e. The molecule has 0 radical (unpaired) electrons. The summed E-state index contributed by atoms with van der Waals surface area (Å²) in [7, 11) is -1.29. The van der Waals surface area contributed by atoms with E-state index in [1.807, 2.05) is 75.4 Å². The van der Waals surface area contributed by atoms with Gasteiger partial charge in [-0.25, -0.2) is 8.93 Å². The second-order valence-electron chi connectivity index (χ2n) is 8.35. The van der Waals surface area contributed by atoms with Crippen LogP contribution in [0.5, 0.6) is 0 Å². The van der Waals surface area contributed by atoms with Crippen LogP contribution in [0.3, 0.4) is 0 Å². The Morgan fingerprint density at radius 3 is 2.14 bits per heavy atom. The molecule has 0 bridgehead atoms. The van der Waals surface area contributed by atoms with Crippen molar-refractivity contribution in [1.29, 1.82) is 0 Å². The van der Waals surface area contributed by atoms with Crippen LogP contribution in [0, 0.1) is 5.92 Å². The van der Waals surface area contributed by atoms with Crippen molar-refractivity contribution in [2.45, 2.75) is 58.0 Å². The Bertz CT molecular complexity index is 760. The van der Waals surface area contributed by atoms with Crippen molar-refractivity contribution in [3.8, 4) is 0 Å². The van der Waals surface area contributed by atoms with E-state index < -0.39 is 15.7 Å². The monoisotopic (exact) mass is 422 g/mol. The third-order valence-corrected chi connectivity index (χ3v) is 6.41. The van der Waals surface area contributed by atoms with E-state index >= 15 is 0 Å². The Morgan fingerprint density at radius 2 is 1.64 bits per heavy atom. The van der Waals surface area contributed by atoms with Crippen molar-refractivity contribution < 1.29 is 9.42 Å². The molecule has 0 saturated carbocycles. The van der Waals surface area contributed by atoms with Gasteiger partial charge in [-0.1, -0.05) is 67.9 Å². The van der Waals surface area contributed by atoms with Gasteiger partial charge in [0.2, 0.25) is 0 Å². The first kappa shape index (κ1) is 23.0. The molecular formula is C22H31ClN2O2S. The van der Waals surface area contributed by atoms with Crippen molar-refractivity contribution in [1.82, 2.24) is 9.79 Å². The van der Waals surface area contributed by atoms with E-state index in [-0.39, 0.29) is 18.0 Å². The highest BCUT2D eigenvalue weighted by Crippen LogP contribution is 2.29. The highest BCUT2D eigenvalue weighted by Gasteiger charge is 2.34. The van der Waals surface area contributed by atoms with E-state index in [0.717, 1.165) is 11.1 Å². The van der Waals surface area contributed by atoms with E-state index in [2.05, 4.69) is 18.6 Å². The van der Waals surface area contributed by atoms with Gasteiger partial charge in [0.15, 0.2) is 0 Å². The fraction of sp³-hybridized carbons (Fsp3) is 0.455. The lowest BCUT2D eigenvalue weighted by molar-refractivity contribution is -0.154. The standard InChI is InChI=1S/C22H31ClN2O2S/c1-16(2)21(25(26)15-17-9-7-6-8-10-17)20(24-28(27)22(3,4)5)18-11-13-19(23)14-12-18/h6-14,16,20-21,24,26H,15H2,1-5H3/t20-,21-,28-/m1/s1. The van der Waals surface area contributed by atoms with Gasteiger partial charge in [0.1, 0.15) is 0 Å². The van der Waals surface area contributed by atoms with Crippen LogP contribution < -0.4 is 4.72 Å². The van der Waals surface area contributed by atoms with Gasteiger partial charge in [-0.2, -0.15) is 5.06 Å². The molecule has 0 heterocycles. The van der Waals surface area contributed by atoms with Crippen LogP contribution in [0.4, 0.5) is 0 Å². The molecule has 4 nitrogen and oxygen atoms in total. The number of nitrogens with one attached hydrogen (secondary N) is 1. The normalized spacial score (nSPS) is 15.6. The Balaban J connectivity index is 2.37. The van der Waals surface area contributed by atoms with E-state index in [0.29, 0.717) is 11.6 Å². The lowest BCUT2D eigenvalue weighted by atomic mass is 9.91. The summed E-state index contributed by atoms with van der Waals surface area (Å²) in [6.45, 7) is 10.3. The number of hydroxylamine groups is 2. The number of hydrogen-bond acceptors (Lipinski definition) is 3. The largest absolute Gasteiger partial charge is 0.313 e. The molecule has 2 aromatic carbocycles. The Kier molecular flexibility index (Phi) is 8.22.